The Morgan fingerprint density at radius 1 is 1.05 bits per heavy atom. The molecular weight excluding hydrogens is 512 g/mol. The lowest BCUT2D eigenvalue weighted by Gasteiger charge is -2.64. The number of carbonyl (C=O) groups is 1. The molecule has 1 unspecified atom stereocenters. The van der Waals surface area contributed by atoms with E-state index in [4.69, 9.17) is 4.74 Å². The van der Waals surface area contributed by atoms with Gasteiger partial charge in [0.25, 0.3) is 5.91 Å². The number of carbonyl (C=O) groups excluding carboxylic acids is 1. The van der Waals surface area contributed by atoms with Gasteiger partial charge < -0.3 is 20.3 Å². The van der Waals surface area contributed by atoms with Gasteiger partial charge in [-0.2, -0.15) is 0 Å². The Hall–Kier alpha value is -2.80. The molecule has 3 aromatic carbocycles. The van der Waals surface area contributed by atoms with Gasteiger partial charge in [-0.1, -0.05) is 43.8 Å². The van der Waals surface area contributed by atoms with Crippen LogP contribution in [0.2, 0.25) is 0 Å². The molecule has 3 N–H and O–H groups in total. The molecule has 2 bridgehead atoms. The van der Waals surface area contributed by atoms with Gasteiger partial charge in [0.1, 0.15) is 6.10 Å². The van der Waals surface area contributed by atoms with Crippen molar-refractivity contribution in [3.05, 3.63) is 71.3 Å². The first-order valence-electron chi connectivity index (χ1n) is 13.8. The standard InChI is InChI=1S/C31H32N2O4.CH4.ClH/c34-24-10-9-21-16-25-31(36)12-11-23(32-29(35)22-8-7-19-3-1-2-4-20(19)15-22)28-30(31,26(21)27(24)37-28)13-14-33(25)17-18-5-6-18;;/h1-4,7-10,15,18,23,25,28,34,36H,5-6,11-14,16-17H2,(H,32,35);1H4;1H/t23-,25?,28+,30+,31-;;/m1../s1. The number of nitrogens with zero attached hydrogens (tertiary/aromatic N) is 1. The average molecular weight is 549 g/mol. The van der Waals surface area contributed by atoms with Gasteiger partial charge in [-0.3, -0.25) is 9.69 Å². The molecule has 0 radical (unpaired) electrons. The van der Waals surface area contributed by atoms with Crippen LogP contribution in [0.1, 0.15) is 61.0 Å². The Morgan fingerprint density at radius 2 is 1.85 bits per heavy atom. The van der Waals surface area contributed by atoms with Gasteiger partial charge in [0.05, 0.1) is 17.1 Å². The summed E-state index contributed by atoms with van der Waals surface area (Å²) >= 11 is 0. The maximum Gasteiger partial charge on any atom is 0.251 e. The first kappa shape index (κ1) is 26.4. The maximum atomic E-state index is 13.5. The van der Waals surface area contributed by atoms with E-state index in [-0.39, 0.29) is 43.6 Å². The molecule has 39 heavy (non-hydrogen) atoms. The van der Waals surface area contributed by atoms with Gasteiger partial charge in [0, 0.05) is 23.7 Å². The van der Waals surface area contributed by atoms with Gasteiger partial charge in [0.2, 0.25) is 0 Å². The molecule has 2 heterocycles. The molecule has 0 aromatic heterocycles. The van der Waals surface area contributed by atoms with Crippen molar-refractivity contribution in [3.63, 3.8) is 0 Å². The number of fused-ring (bicyclic) bond motifs is 1. The summed E-state index contributed by atoms with van der Waals surface area (Å²) in [6.07, 6.45) is 4.95. The van der Waals surface area contributed by atoms with Crippen LogP contribution < -0.4 is 10.1 Å². The number of nitrogens with one attached hydrogen (secondary N) is 1. The smallest absolute Gasteiger partial charge is 0.251 e. The molecule has 3 aromatic rings. The molecule has 8 rings (SSSR count). The SMILES string of the molecule is C.Cl.O=C(N[C@@H]1CC[C@@]2(O)C3Cc4ccc(O)c5c4[C@@]2(CCN3CC2CC2)[C@H]1O5)c1ccc2ccccc2c1. The zero-order chi connectivity index (χ0) is 24.9. The fourth-order valence-corrected chi connectivity index (χ4v) is 8.21. The third-order valence-corrected chi connectivity index (χ3v) is 10.1. The first-order valence-corrected chi connectivity index (χ1v) is 13.8. The van der Waals surface area contributed by atoms with Gasteiger partial charge >= 0.3 is 0 Å². The second-order valence-corrected chi connectivity index (χ2v) is 12.0. The third-order valence-electron chi connectivity index (χ3n) is 10.1. The number of halogens is 1. The van der Waals surface area contributed by atoms with Crippen LogP contribution in [0, 0.1) is 5.92 Å². The highest BCUT2D eigenvalue weighted by Crippen LogP contribution is 2.65. The summed E-state index contributed by atoms with van der Waals surface area (Å²) in [6.45, 7) is 1.96. The molecule has 5 atom stereocenters. The molecule has 1 amide bonds. The topological polar surface area (TPSA) is 82.0 Å². The number of likely N-dealkylation sites (tertiary alicyclic amines) is 1. The van der Waals surface area contributed by atoms with Crippen LogP contribution in [0.25, 0.3) is 10.8 Å². The van der Waals surface area contributed by atoms with E-state index in [2.05, 4.69) is 10.2 Å². The van der Waals surface area contributed by atoms with Crippen LogP contribution in [-0.4, -0.2) is 57.9 Å². The van der Waals surface area contributed by atoms with E-state index in [1.54, 1.807) is 6.07 Å². The van der Waals surface area contributed by atoms with Crippen molar-refractivity contribution in [1.82, 2.24) is 10.2 Å². The van der Waals surface area contributed by atoms with Gasteiger partial charge in [0.15, 0.2) is 11.5 Å². The highest BCUT2D eigenvalue weighted by atomic mass is 35.5. The van der Waals surface area contributed by atoms with Crippen molar-refractivity contribution in [1.29, 1.82) is 0 Å². The molecule has 5 aliphatic rings. The molecular formula is C32H37ClN2O4. The number of phenols is 1. The molecule has 6 nitrogen and oxygen atoms in total. The number of aromatic hydroxyl groups is 1. The van der Waals surface area contributed by atoms with Crippen LogP contribution in [0.3, 0.4) is 0 Å². The van der Waals surface area contributed by atoms with E-state index in [0.29, 0.717) is 24.2 Å². The minimum absolute atomic E-state index is 0. The number of hydrogen-bond acceptors (Lipinski definition) is 5. The molecule has 3 fully saturated rings. The molecule has 2 aliphatic heterocycles. The first-order chi connectivity index (χ1) is 18.0. The predicted molar refractivity (Wildman–Crippen MR) is 154 cm³/mol. The van der Waals surface area contributed by atoms with Crippen LogP contribution >= 0.6 is 12.4 Å². The van der Waals surface area contributed by atoms with Crippen molar-refractivity contribution < 1.29 is 19.7 Å². The number of phenolic OH excluding ortho intramolecular Hbond substituents is 1. The van der Waals surface area contributed by atoms with Gasteiger partial charge in [-0.05, 0) is 85.5 Å². The Bertz CT molecular complexity index is 1460. The summed E-state index contributed by atoms with van der Waals surface area (Å²) in [7, 11) is 0. The summed E-state index contributed by atoms with van der Waals surface area (Å²) in [5.74, 6) is 1.27. The van der Waals surface area contributed by atoms with Crippen LogP contribution in [0.15, 0.2) is 54.6 Å². The largest absolute Gasteiger partial charge is 0.504 e. The summed E-state index contributed by atoms with van der Waals surface area (Å²) < 4.78 is 6.58. The lowest BCUT2D eigenvalue weighted by Crippen LogP contribution is -2.78. The molecule has 1 spiro atoms. The van der Waals surface area contributed by atoms with E-state index < -0.39 is 17.1 Å². The van der Waals surface area contributed by atoms with Gasteiger partial charge in [-0.15, -0.1) is 12.4 Å². The average Bonchev–Trinajstić information content (AvgIpc) is 3.65. The molecule has 206 valence electrons. The van der Waals surface area contributed by atoms with E-state index in [1.165, 1.54) is 18.4 Å². The summed E-state index contributed by atoms with van der Waals surface area (Å²) in [6, 6.07) is 17.4. The molecule has 2 saturated carbocycles. The summed E-state index contributed by atoms with van der Waals surface area (Å²) in [5.41, 5.74) is 1.22. The number of ether oxygens (including phenoxy) is 1. The van der Waals surface area contributed by atoms with E-state index in [1.807, 2.05) is 48.5 Å². The second kappa shape index (κ2) is 9.12. The van der Waals surface area contributed by atoms with Crippen LogP contribution in [0.4, 0.5) is 0 Å². The van der Waals surface area contributed by atoms with Crippen LogP contribution in [0.5, 0.6) is 11.5 Å². The number of amides is 1. The maximum absolute atomic E-state index is 13.5. The van der Waals surface area contributed by atoms with Crippen molar-refractivity contribution in [3.8, 4) is 11.5 Å². The zero-order valence-electron chi connectivity index (χ0n) is 21.2. The van der Waals surface area contributed by atoms with Crippen molar-refractivity contribution in [2.45, 2.75) is 75.2 Å². The van der Waals surface area contributed by atoms with Crippen molar-refractivity contribution >= 4 is 29.1 Å². The summed E-state index contributed by atoms with van der Waals surface area (Å²) in [5, 5.41) is 28.8. The minimum Gasteiger partial charge on any atom is -0.504 e. The fourth-order valence-electron chi connectivity index (χ4n) is 8.21. The monoisotopic (exact) mass is 548 g/mol. The highest BCUT2D eigenvalue weighted by Gasteiger charge is 2.73. The fraction of sp³-hybridized carbons (Fsp3) is 0.469. The minimum atomic E-state index is -0.943. The number of hydrogen-bond donors (Lipinski definition) is 3. The van der Waals surface area contributed by atoms with Crippen molar-refractivity contribution in [2.75, 3.05) is 13.1 Å². The molecule has 7 heteroatoms. The molecule has 1 saturated heterocycles. The predicted octanol–water partition coefficient (Wildman–Crippen LogP) is 4.97. The quantitative estimate of drug-likeness (QED) is 0.429. The second-order valence-electron chi connectivity index (χ2n) is 12.0. The van der Waals surface area contributed by atoms with E-state index >= 15 is 0 Å². The Kier molecular flexibility index (Phi) is 6.18. The Balaban J connectivity index is 0.00000138. The normalized spacial score (nSPS) is 31.9. The van der Waals surface area contributed by atoms with E-state index in [0.717, 1.165) is 48.2 Å². The van der Waals surface area contributed by atoms with E-state index in [9.17, 15) is 15.0 Å². The zero-order valence-corrected chi connectivity index (χ0v) is 22.0. The Morgan fingerprint density at radius 3 is 2.64 bits per heavy atom. The lowest BCUT2D eigenvalue weighted by molar-refractivity contribution is -0.191. The number of piperidine rings is 1. The number of benzene rings is 3. The van der Waals surface area contributed by atoms with Crippen molar-refractivity contribution in [2.24, 2.45) is 5.92 Å². The number of aliphatic hydroxyl groups is 1. The summed E-state index contributed by atoms with van der Waals surface area (Å²) in [4.78, 5) is 16.0. The molecule has 3 aliphatic carbocycles. The third kappa shape index (κ3) is 3.57. The van der Waals surface area contributed by atoms with Gasteiger partial charge in [-0.25, -0.2) is 0 Å². The Labute approximate surface area is 235 Å². The number of rotatable bonds is 4. The van der Waals surface area contributed by atoms with Crippen LogP contribution in [-0.2, 0) is 11.8 Å². The highest BCUT2D eigenvalue weighted by molar-refractivity contribution is 5.98. The lowest BCUT2D eigenvalue weighted by atomic mass is 9.48.